The summed E-state index contributed by atoms with van der Waals surface area (Å²) >= 11 is 0. The molecule has 0 heterocycles. The summed E-state index contributed by atoms with van der Waals surface area (Å²) in [6.45, 7) is 4.28. The monoisotopic (exact) mass is 306 g/mol. The maximum Gasteiger partial charge on any atom is 0.379 e. The summed E-state index contributed by atoms with van der Waals surface area (Å²) in [7, 11) is 0. The Morgan fingerprint density at radius 3 is 2.00 bits per heavy atom. The van der Waals surface area contributed by atoms with Crippen molar-refractivity contribution >= 4 is 23.7 Å². The van der Waals surface area contributed by atoms with Crippen LogP contribution in [-0.4, -0.2) is 42.0 Å². The van der Waals surface area contributed by atoms with Crippen molar-refractivity contribution in [2.24, 2.45) is 0 Å². The lowest BCUT2D eigenvalue weighted by Gasteiger charge is -2.07. The molecule has 0 bridgehead atoms. The van der Waals surface area contributed by atoms with Gasteiger partial charge in [0.2, 0.25) is 0 Å². The van der Waals surface area contributed by atoms with Gasteiger partial charge in [-0.1, -0.05) is 18.7 Å². The third kappa shape index (κ3) is 4.55. The number of rotatable bonds is 7. The fraction of sp³-hybridized carbons (Fsp3) is 0.200. The molecule has 1 N–H and O–H groups in total. The summed E-state index contributed by atoms with van der Waals surface area (Å²) in [5, 5.41) is 8.95. The van der Waals surface area contributed by atoms with Crippen LogP contribution in [0.4, 0.5) is 0 Å². The topological polar surface area (TPSA) is 107 Å². The lowest BCUT2D eigenvalue weighted by molar-refractivity contribution is -0.146. The molecular weight excluding hydrogens is 292 g/mol. The summed E-state index contributed by atoms with van der Waals surface area (Å²) in [4.78, 5) is 45.5. The van der Waals surface area contributed by atoms with E-state index in [1.807, 2.05) is 0 Å². The Labute approximate surface area is 126 Å². The number of benzene rings is 1. The van der Waals surface area contributed by atoms with Gasteiger partial charge in [0, 0.05) is 11.1 Å². The van der Waals surface area contributed by atoms with E-state index < -0.39 is 23.7 Å². The highest BCUT2D eigenvalue weighted by Crippen LogP contribution is 2.10. The highest BCUT2D eigenvalue weighted by atomic mass is 16.6. The zero-order chi connectivity index (χ0) is 16.7. The summed E-state index contributed by atoms with van der Waals surface area (Å²) in [5.41, 5.74) is -0.366. The minimum absolute atomic E-state index is 0.192. The molecule has 0 amide bonds. The van der Waals surface area contributed by atoms with Gasteiger partial charge in [0.1, 0.15) is 13.2 Å². The van der Waals surface area contributed by atoms with Crippen LogP contribution < -0.4 is 0 Å². The quantitative estimate of drug-likeness (QED) is 0.265. The summed E-state index contributed by atoms with van der Waals surface area (Å²) in [6.07, 6.45) is 0. The minimum Gasteiger partial charge on any atom is -0.478 e. The van der Waals surface area contributed by atoms with E-state index >= 15 is 0 Å². The van der Waals surface area contributed by atoms with E-state index in [1.54, 1.807) is 0 Å². The molecule has 1 aromatic carbocycles. The first-order chi connectivity index (χ1) is 10.3. The second-order valence-corrected chi connectivity index (χ2v) is 4.23. The van der Waals surface area contributed by atoms with E-state index in [0.29, 0.717) is 0 Å². The maximum atomic E-state index is 11.8. The average molecular weight is 306 g/mol. The molecule has 0 unspecified atom stereocenters. The van der Waals surface area contributed by atoms with Crippen LogP contribution in [0.3, 0.4) is 0 Å². The van der Waals surface area contributed by atoms with Gasteiger partial charge in [0.15, 0.2) is 0 Å². The van der Waals surface area contributed by atoms with E-state index in [4.69, 9.17) is 5.11 Å². The molecule has 7 heteroatoms. The minimum atomic E-state index is -1.33. The highest BCUT2D eigenvalue weighted by molar-refractivity contribution is 6.41. The standard InChI is InChI=1S/C15H14O7/c1-9(2)14(19)21-7-8-22-15(20)12(16)10-5-3-4-6-11(10)13(17)18/h3-6H,1,7-8H2,2H3,(H,17,18). The molecule has 0 aliphatic carbocycles. The predicted molar refractivity (Wildman–Crippen MR) is 74.5 cm³/mol. The number of esters is 2. The van der Waals surface area contributed by atoms with Gasteiger partial charge in [-0.15, -0.1) is 0 Å². The maximum absolute atomic E-state index is 11.8. The highest BCUT2D eigenvalue weighted by Gasteiger charge is 2.23. The molecule has 0 radical (unpaired) electrons. The van der Waals surface area contributed by atoms with Crippen LogP contribution in [0.2, 0.25) is 0 Å². The largest absolute Gasteiger partial charge is 0.478 e. The van der Waals surface area contributed by atoms with Gasteiger partial charge in [-0.3, -0.25) is 4.79 Å². The van der Waals surface area contributed by atoms with Crippen LogP contribution in [0, 0.1) is 0 Å². The first-order valence-electron chi connectivity index (χ1n) is 6.21. The second kappa shape index (κ2) is 7.72. The van der Waals surface area contributed by atoms with Crippen molar-refractivity contribution in [2.75, 3.05) is 13.2 Å². The molecule has 0 aromatic heterocycles. The summed E-state index contributed by atoms with van der Waals surface area (Å²) < 4.78 is 9.31. The molecule has 22 heavy (non-hydrogen) atoms. The van der Waals surface area contributed by atoms with Gasteiger partial charge >= 0.3 is 17.9 Å². The van der Waals surface area contributed by atoms with Crippen LogP contribution in [0.5, 0.6) is 0 Å². The predicted octanol–water partition coefficient (Wildman–Crippen LogP) is 1.23. The number of carbonyl (C=O) groups is 4. The molecule has 0 saturated carbocycles. The molecule has 0 fully saturated rings. The Balaban J connectivity index is 2.60. The number of hydrogen-bond donors (Lipinski definition) is 1. The van der Waals surface area contributed by atoms with Gasteiger partial charge < -0.3 is 14.6 Å². The van der Waals surface area contributed by atoms with Crippen LogP contribution in [0.15, 0.2) is 36.4 Å². The van der Waals surface area contributed by atoms with Crippen LogP contribution in [0.1, 0.15) is 27.6 Å². The van der Waals surface area contributed by atoms with Crippen molar-refractivity contribution < 1.29 is 33.8 Å². The fourth-order valence-electron chi connectivity index (χ4n) is 1.44. The Kier molecular flexibility index (Phi) is 6.00. The van der Waals surface area contributed by atoms with E-state index in [9.17, 15) is 19.2 Å². The number of ether oxygens (including phenoxy) is 2. The third-order valence-corrected chi connectivity index (χ3v) is 2.49. The summed E-state index contributed by atoms with van der Waals surface area (Å²) in [5.74, 6) is -4.27. The zero-order valence-electron chi connectivity index (χ0n) is 11.8. The molecule has 0 atom stereocenters. The van der Waals surface area contributed by atoms with Gasteiger partial charge in [-0.05, 0) is 19.1 Å². The number of carbonyl (C=O) groups excluding carboxylic acids is 3. The van der Waals surface area contributed by atoms with Crippen molar-refractivity contribution in [1.29, 1.82) is 0 Å². The molecular formula is C15H14O7. The average Bonchev–Trinajstić information content (AvgIpc) is 2.50. The van der Waals surface area contributed by atoms with Crippen molar-refractivity contribution in [3.8, 4) is 0 Å². The van der Waals surface area contributed by atoms with E-state index in [-0.39, 0.29) is 29.9 Å². The van der Waals surface area contributed by atoms with Crippen LogP contribution in [-0.2, 0) is 19.1 Å². The number of hydrogen-bond acceptors (Lipinski definition) is 6. The van der Waals surface area contributed by atoms with Gasteiger partial charge in [0.05, 0.1) is 5.56 Å². The Morgan fingerprint density at radius 1 is 1.00 bits per heavy atom. The van der Waals surface area contributed by atoms with E-state index in [0.717, 1.165) is 0 Å². The van der Waals surface area contributed by atoms with Crippen LogP contribution >= 0.6 is 0 Å². The van der Waals surface area contributed by atoms with E-state index in [1.165, 1.54) is 31.2 Å². The lowest BCUT2D eigenvalue weighted by Crippen LogP contribution is -2.22. The fourth-order valence-corrected chi connectivity index (χ4v) is 1.44. The first-order valence-corrected chi connectivity index (χ1v) is 6.21. The number of ketones is 1. The molecule has 0 aliphatic heterocycles. The Hall–Kier alpha value is -2.96. The number of aromatic carboxylic acids is 1. The number of carboxylic acids is 1. The van der Waals surface area contributed by atoms with Crippen molar-refractivity contribution in [1.82, 2.24) is 0 Å². The molecule has 0 saturated heterocycles. The van der Waals surface area contributed by atoms with Gasteiger partial charge in [-0.2, -0.15) is 0 Å². The van der Waals surface area contributed by atoms with Crippen molar-refractivity contribution in [3.63, 3.8) is 0 Å². The van der Waals surface area contributed by atoms with Crippen molar-refractivity contribution in [3.05, 3.63) is 47.5 Å². The smallest absolute Gasteiger partial charge is 0.379 e. The molecule has 1 rings (SSSR count). The van der Waals surface area contributed by atoms with Crippen molar-refractivity contribution in [2.45, 2.75) is 6.92 Å². The van der Waals surface area contributed by atoms with Crippen LogP contribution in [0.25, 0.3) is 0 Å². The van der Waals surface area contributed by atoms with Gasteiger partial charge in [0.25, 0.3) is 5.78 Å². The Morgan fingerprint density at radius 2 is 1.50 bits per heavy atom. The first kappa shape index (κ1) is 17.1. The second-order valence-electron chi connectivity index (χ2n) is 4.23. The summed E-state index contributed by atoms with van der Waals surface area (Å²) in [6, 6.07) is 5.29. The van der Waals surface area contributed by atoms with E-state index in [2.05, 4.69) is 16.1 Å². The molecule has 0 spiro atoms. The number of Topliss-reactive ketones (excluding diaryl/α,β-unsaturated/α-hetero) is 1. The SMILES string of the molecule is C=C(C)C(=O)OCCOC(=O)C(=O)c1ccccc1C(=O)O. The Bertz CT molecular complexity index is 631. The zero-order valence-corrected chi connectivity index (χ0v) is 11.8. The molecule has 1 aromatic rings. The lowest BCUT2D eigenvalue weighted by atomic mass is 10.0. The third-order valence-electron chi connectivity index (χ3n) is 2.49. The molecule has 7 nitrogen and oxygen atoms in total. The molecule has 116 valence electrons. The molecule has 0 aliphatic rings. The normalized spacial score (nSPS) is 9.68. The van der Waals surface area contributed by atoms with Gasteiger partial charge in [-0.25, -0.2) is 14.4 Å². The number of carboxylic acid groups (broad SMARTS) is 1.